The molecule has 0 saturated heterocycles. The van der Waals surface area contributed by atoms with E-state index in [-0.39, 0.29) is 5.91 Å². The number of rotatable bonds is 5. The summed E-state index contributed by atoms with van der Waals surface area (Å²) in [6.45, 7) is 2.67. The highest BCUT2D eigenvalue weighted by Crippen LogP contribution is 2.30. The van der Waals surface area contributed by atoms with E-state index in [1.807, 2.05) is 25.3 Å². The number of hydrogen-bond acceptors (Lipinski definition) is 3. The van der Waals surface area contributed by atoms with Crippen LogP contribution in [-0.4, -0.2) is 22.4 Å². The lowest BCUT2D eigenvalue weighted by atomic mass is 10.1. The van der Waals surface area contributed by atoms with Gasteiger partial charge in [0.25, 0.3) is 5.91 Å². The average molecular weight is 299 g/mol. The minimum atomic E-state index is 0.0214. The maximum absolute atomic E-state index is 12.3. The molecule has 4 nitrogen and oxygen atoms in total. The molecule has 5 heteroatoms. The van der Waals surface area contributed by atoms with Crippen LogP contribution >= 0.6 is 11.3 Å². The second-order valence-corrected chi connectivity index (χ2v) is 6.00. The first kappa shape index (κ1) is 13.8. The number of nitrogens with zero attached hydrogens (tertiary/aromatic N) is 1. The number of benzene rings is 1. The summed E-state index contributed by atoms with van der Waals surface area (Å²) in [6.07, 6.45) is 5.28. The summed E-state index contributed by atoms with van der Waals surface area (Å²) in [6, 6.07) is 8.13. The minimum absolute atomic E-state index is 0.0214. The number of thiophene rings is 1. The van der Waals surface area contributed by atoms with Gasteiger partial charge in [-0.15, -0.1) is 11.3 Å². The molecule has 0 atom stereocenters. The van der Waals surface area contributed by atoms with E-state index in [4.69, 9.17) is 0 Å². The van der Waals surface area contributed by atoms with Gasteiger partial charge in [0.05, 0.1) is 4.88 Å². The third-order valence-electron chi connectivity index (χ3n) is 3.48. The minimum Gasteiger partial charge on any atom is -0.351 e. The van der Waals surface area contributed by atoms with Gasteiger partial charge in [0.1, 0.15) is 5.82 Å². The Morgan fingerprint density at radius 1 is 1.38 bits per heavy atom. The van der Waals surface area contributed by atoms with Crippen molar-refractivity contribution >= 4 is 27.3 Å². The fraction of sp³-hybridized carbons (Fsp3) is 0.250. The fourth-order valence-electron chi connectivity index (χ4n) is 2.36. The van der Waals surface area contributed by atoms with Gasteiger partial charge in [0.15, 0.2) is 0 Å². The van der Waals surface area contributed by atoms with Gasteiger partial charge in [-0.25, -0.2) is 4.98 Å². The standard InChI is InChI=1S/C16H17N3OS/c1-11-12-5-2-3-6-13(12)21-15(11)16(20)19-8-4-7-14-17-9-10-18-14/h2-3,5-6,9-10H,4,7-8H2,1H3,(H,17,18)(H,19,20). The van der Waals surface area contributed by atoms with E-state index in [0.717, 1.165) is 33.8 Å². The lowest BCUT2D eigenvalue weighted by Crippen LogP contribution is -2.24. The van der Waals surface area contributed by atoms with Crippen molar-refractivity contribution in [3.05, 3.63) is 52.9 Å². The Bertz CT molecular complexity index is 746. The van der Waals surface area contributed by atoms with E-state index in [0.29, 0.717) is 6.54 Å². The van der Waals surface area contributed by atoms with Crippen molar-refractivity contribution in [3.63, 3.8) is 0 Å². The summed E-state index contributed by atoms with van der Waals surface area (Å²) in [5.74, 6) is 0.982. The van der Waals surface area contributed by atoms with Gasteiger partial charge in [-0.1, -0.05) is 18.2 Å². The Morgan fingerprint density at radius 2 is 2.24 bits per heavy atom. The van der Waals surface area contributed by atoms with Gasteiger partial charge < -0.3 is 10.3 Å². The number of carbonyl (C=O) groups is 1. The summed E-state index contributed by atoms with van der Waals surface area (Å²) in [7, 11) is 0. The molecule has 0 fully saturated rings. The lowest BCUT2D eigenvalue weighted by Gasteiger charge is -2.03. The van der Waals surface area contributed by atoms with Crippen LogP contribution in [0.3, 0.4) is 0 Å². The van der Waals surface area contributed by atoms with Crippen LogP contribution in [0.2, 0.25) is 0 Å². The number of imidazole rings is 1. The molecule has 1 aromatic carbocycles. The van der Waals surface area contributed by atoms with E-state index < -0.39 is 0 Å². The summed E-state index contributed by atoms with van der Waals surface area (Å²) in [4.78, 5) is 20.3. The molecule has 108 valence electrons. The topological polar surface area (TPSA) is 57.8 Å². The molecule has 2 heterocycles. The average Bonchev–Trinajstić information content (AvgIpc) is 3.12. The number of amides is 1. The maximum atomic E-state index is 12.3. The van der Waals surface area contributed by atoms with Crippen LogP contribution in [0, 0.1) is 6.92 Å². The van der Waals surface area contributed by atoms with Crippen molar-refractivity contribution in [3.8, 4) is 0 Å². The first-order valence-electron chi connectivity index (χ1n) is 7.00. The molecule has 21 heavy (non-hydrogen) atoms. The van der Waals surface area contributed by atoms with Crippen LogP contribution < -0.4 is 5.32 Å². The third-order valence-corrected chi connectivity index (χ3v) is 4.75. The van der Waals surface area contributed by atoms with Crippen LogP contribution in [0.1, 0.15) is 27.5 Å². The van der Waals surface area contributed by atoms with Crippen molar-refractivity contribution in [1.82, 2.24) is 15.3 Å². The molecule has 0 aliphatic carbocycles. The van der Waals surface area contributed by atoms with Gasteiger partial charge in [-0.2, -0.15) is 0 Å². The van der Waals surface area contributed by atoms with E-state index in [1.54, 1.807) is 17.5 Å². The summed E-state index contributed by atoms with van der Waals surface area (Å²) in [5.41, 5.74) is 1.07. The number of nitrogens with one attached hydrogen (secondary N) is 2. The summed E-state index contributed by atoms with van der Waals surface area (Å²) >= 11 is 1.56. The molecule has 3 aromatic rings. The number of hydrogen-bond donors (Lipinski definition) is 2. The van der Waals surface area contributed by atoms with Crippen LogP contribution in [0.5, 0.6) is 0 Å². The Hall–Kier alpha value is -2.14. The monoisotopic (exact) mass is 299 g/mol. The van der Waals surface area contributed by atoms with Gasteiger partial charge in [-0.05, 0) is 30.4 Å². The SMILES string of the molecule is Cc1c(C(=O)NCCCc2ncc[nH]2)sc2ccccc12. The molecule has 1 amide bonds. The van der Waals surface area contributed by atoms with Crippen molar-refractivity contribution in [1.29, 1.82) is 0 Å². The molecule has 0 radical (unpaired) electrons. The Labute approximate surface area is 127 Å². The number of aromatic nitrogens is 2. The van der Waals surface area contributed by atoms with Gasteiger partial charge in [-0.3, -0.25) is 4.79 Å². The number of fused-ring (bicyclic) bond motifs is 1. The van der Waals surface area contributed by atoms with Crippen LogP contribution in [0.15, 0.2) is 36.7 Å². The van der Waals surface area contributed by atoms with E-state index in [1.165, 1.54) is 5.39 Å². The molecule has 2 N–H and O–H groups in total. The van der Waals surface area contributed by atoms with E-state index in [9.17, 15) is 4.79 Å². The Balaban J connectivity index is 1.60. The Morgan fingerprint density at radius 3 is 3.00 bits per heavy atom. The van der Waals surface area contributed by atoms with Crippen LogP contribution in [0.25, 0.3) is 10.1 Å². The van der Waals surface area contributed by atoms with Crippen LogP contribution in [-0.2, 0) is 6.42 Å². The highest BCUT2D eigenvalue weighted by Gasteiger charge is 2.14. The molecule has 0 unspecified atom stereocenters. The molecular formula is C16H17N3OS. The number of carbonyl (C=O) groups excluding carboxylic acids is 1. The number of H-pyrrole nitrogens is 1. The summed E-state index contributed by atoms with van der Waals surface area (Å²) < 4.78 is 1.16. The second kappa shape index (κ2) is 6.10. The first-order chi connectivity index (χ1) is 10.3. The second-order valence-electron chi connectivity index (χ2n) is 4.95. The number of aryl methyl sites for hydroxylation is 2. The first-order valence-corrected chi connectivity index (χ1v) is 7.82. The predicted octanol–water partition coefficient (Wildman–Crippen LogP) is 3.30. The highest BCUT2D eigenvalue weighted by molar-refractivity contribution is 7.21. The van der Waals surface area contributed by atoms with E-state index in [2.05, 4.69) is 27.4 Å². The fourth-order valence-corrected chi connectivity index (χ4v) is 3.49. The highest BCUT2D eigenvalue weighted by atomic mass is 32.1. The smallest absolute Gasteiger partial charge is 0.261 e. The van der Waals surface area contributed by atoms with Crippen molar-refractivity contribution < 1.29 is 4.79 Å². The zero-order valence-corrected chi connectivity index (χ0v) is 12.7. The number of aromatic amines is 1. The van der Waals surface area contributed by atoms with Crippen LogP contribution in [0.4, 0.5) is 0 Å². The third kappa shape index (κ3) is 2.97. The lowest BCUT2D eigenvalue weighted by molar-refractivity contribution is 0.0956. The molecule has 0 aliphatic rings. The van der Waals surface area contributed by atoms with Gasteiger partial charge in [0, 0.05) is 30.1 Å². The molecule has 3 rings (SSSR count). The van der Waals surface area contributed by atoms with Crippen molar-refractivity contribution in [2.75, 3.05) is 6.54 Å². The summed E-state index contributed by atoms with van der Waals surface area (Å²) in [5, 5.41) is 4.16. The molecule has 0 saturated carbocycles. The van der Waals surface area contributed by atoms with E-state index >= 15 is 0 Å². The van der Waals surface area contributed by atoms with Crippen molar-refractivity contribution in [2.24, 2.45) is 0 Å². The normalized spacial score (nSPS) is 10.9. The maximum Gasteiger partial charge on any atom is 0.261 e. The van der Waals surface area contributed by atoms with Gasteiger partial charge >= 0.3 is 0 Å². The molecule has 2 aromatic heterocycles. The zero-order valence-electron chi connectivity index (χ0n) is 11.8. The Kier molecular flexibility index (Phi) is 4.01. The molecular weight excluding hydrogens is 282 g/mol. The quantitative estimate of drug-likeness (QED) is 0.710. The van der Waals surface area contributed by atoms with Crippen molar-refractivity contribution in [2.45, 2.75) is 19.8 Å². The van der Waals surface area contributed by atoms with Gasteiger partial charge in [0.2, 0.25) is 0 Å². The predicted molar refractivity (Wildman–Crippen MR) is 85.8 cm³/mol. The molecule has 0 bridgehead atoms. The zero-order chi connectivity index (χ0) is 14.7. The largest absolute Gasteiger partial charge is 0.351 e. The molecule has 0 aliphatic heterocycles. The molecule has 0 spiro atoms.